The second kappa shape index (κ2) is 12.9. The number of nitrogen functional groups attached to an aromatic ring is 1. The number of amides is 3. The van der Waals surface area contributed by atoms with Crippen molar-refractivity contribution in [3.63, 3.8) is 0 Å². The standard InChI is InChI=1S/C24H31N5O4S/c25-22(26)16-13-18(34-15-16)14-20(24(32)29-23(31)19-9-6-11-27-19)28-21(30)10-4-5-12-33-17-7-2-1-3-8-17/h1-3,7-8,13,15,19-20,27H,4-6,9-12,14H2,(H3,25,26)(H,28,30)(H,29,31,32)/t19-,20-/m0/s1. The summed E-state index contributed by atoms with van der Waals surface area (Å²) in [6, 6.07) is 9.89. The molecule has 2 atom stereocenters. The molecule has 2 heterocycles. The monoisotopic (exact) mass is 485 g/mol. The highest BCUT2D eigenvalue weighted by Gasteiger charge is 2.28. The lowest BCUT2D eigenvalue weighted by molar-refractivity contribution is -0.134. The maximum atomic E-state index is 12.9. The molecule has 9 nitrogen and oxygen atoms in total. The van der Waals surface area contributed by atoms with E-state index in [0.29, 0.717) is 31.4 Å². The lowest BCUT2D eigenvalue weighted by Crippen LogP contribution is -2.52. The number of para-hydroxylation sites is 1. The van der Waals surface area contributed by atoms with Crippen molar-refractivity contribution in [2.45, 2.75) is 50.6 Å². The van der Waals surface area contributed by atoms with Crippen molar-refractivity contribution >= 4 is 34.9 Å². The van der Waals surface area contributed by atoms with Gasteiger partial charge in [0.2, 0.25) is 17.7 Å². The minimum absolute atomic E-state index is 0.0623. The molecule has 1 fully saturated rings. The van der Waals surface area contributed by atoms with Crippen LogP contribution in [-0.4, -0.2) is 48.8 Å². The van der Waals surface area contributed by atoms with Gasteiger partial charge in [-0.3, -0.25) is 25.1 Å². The number of hydrogen-bond donors (Lipinski definition) is 5. The third-order valence-electron chi connectivity index (χ3n) is 5.46. The first-order valence-electron chi connectivity index (χ1n) is 11.4. The van der Waals surface area contributed by atoms with Crippen molar-refractivity contribution < 1.29 is 19.1 Å². The Balaban J connectivity index is 1.52. The molecule has 0 aliphatic carbocycles. The largest absolute Gasteiger partial charge is 0.494 e. The summed E-state index contributed by atoms with van der Waals surface area (Å²) in [5.41, 5.74) is 6.09. The molecule has 1 aliphatic heterocycles. The van der Waals surface area contributed by atoms with Gasteiger partial charge in [0.1, 0.15) is 17.6 Å². The Kier molecular flexibility index (Phi) is 9.60. The first-order chi connectivity index (χ1) is 16.4. The van der Waals surface area contributed by atoms with Crippen molar-refractivity contribution in [1.29, 1.82) is 5.41 Å². The predicted molar refractivity (Wildman–Crippen MR) is 131 cm³/mol. The van der Waals surface area contributed by atoms with Crippen LogP contribution in [0.4, 0.5) is 0 Å². The first-order valence-corrected chi connectivity index (χ1v) is 12.3. The molecule has 1 aromatic carbocycles. The molecular formula is C24H31N5O4S. The molecule has 3 amide bonds. The number of nitrogens with two attached hydrogens (primary N) is 1. The summed E-state index contributed by atoms with van der Waals surface area (Å²) in [6.45, 7) is 1.23. The van der Waals surface area contributed by atoms with E-state index in [1.807, 2.05) is 30.3 Å². The number of hydrogen-bond acceptors (Lipinski definition) is 7. The molecule has 0 spiro atoms. The molecule has 34 heavy (non-hydrogen) atoms. The topological polar surface area (TPSA) is 146 Å². The zero-order valence-electron chi connectivity index (χ0n) is 19.0. The number of thiophene rings is 1. The van der Waals surface area contributed by atoms with Crippen LogP contribution in [0.2, 0.25) is 0 Å². The predicted octanol–water partition coefficient (Wildman–Crippen LogP) is 1.70. The number of benzene rings is 1. The van der Waals surface area contributed by atoms with Gasteiger partial charge < -0.3 is 21.1 Å². The van der Waals surface area contributed by atoms with E-state index in [0.717, 1.165) is 23.6 Å². The number of nitrogens with one attached hydrogen (secondary N) is 4. The van der Waals surface area contributed by atoms with E-state index in [9.17, 15) is 14.4 Å². The Labute approximate surface area is 203 Å². The molecule has 6 N–H and O–H groups in total. The second-order valence-corrected chi connectivity index (χ2v) is 9.16. The number of imide groups is 1. The third-order valence-corrected chi connectivity index (χ3v) is 6.41. The number of amidine groups is 1. The van der Waals surface area contributed by atoms with E-state index in [-0.39, 0.29) is 30.5 Å². The molecule has 1 saturated heterocycles. The van der Waals surface area contributed by atoms with Gasteiger partial charge in [-0.05, 0) is 50.4 Å². The Morgan fingerprint density at radius 2 is 2.03 bits per heavy atom. The molecule has 10 heteroatoms. The van der Waals surface area contributed by atoms with Crippen LogP contribution in [0.1, 0.15) is 42.5 Å². The van der Waals surface area contributed by atoms with Gasteiger partial charge in [-0.1, -0.05) is 18.2 Å². The highest BCUT2D eigenvalue weighted by atomic mass is 32.1. The zero-order chi connectivity index (χ0) is 24.3. The third kappa shape index (κ3) is 7.96. The molecule has 0 saturated carbocycles. The van der Waals surface area contributed by atoms with E-state index in [4.69, 9.17) is 15.9 Å². The Bertz CT molecular complexity index is 988. The average molecular weight is 486 g/mol. The molecule has 1 aliphatic rings. The number of rotatable bonds is 12. The summed E-state index contributed by atoms with van der Waals surface area (Å²) >= 11 is 1.35. The van der Waals surface area contributed by atoms with Crippen molar-refractivity contribution in [2.24, 2.45) is 5.73 Å². The average Bonchev–Trinajstić information content (AvgIpc) is 3.52. The quantitative estimate of drug-likeness (QED) is 0.176. The minimum Gasteiger partial charge on any atom is -0.494 e. The molecule has 2 aromatic rings. The maximum absolute atomic E-state index is 12.9. The number of carbonyl (C=O) groups excluding carboxylic acids is 3. The van der Waals surface area contributed by atoms with Crippen LogP contribution >= 0.6 is 11.3 Å². The van der Waals surface area contributed by atoms with Crippen molar-refractivity contribution in [2.75, 3.05) is 13.2 Å². The number of carbonyl (C=O) groups is 3. The zero-order valence-corrected chi connectivity index (χ0v) is 19.8. The van der Waals surface area contributed by atoms with Gasteiger partial charge in [0.15, 0.2) is 0 Å². The summed E-state index contributed by atoms with van der Waals surface area (Å²) in [4.78, 5) is 38.6. The fraction of sp³-hybridized carbons (Fsp3) is 0.417. The molecule has 0 unspecified atom stereocenters. The van der Waals surface area contributed by atoms with E-state index < -0.39 is 18.0 Å². The number of unbranched alkanes of at least 4 members (excludes halogenated alkanes) is 1. The molecule has 182 valence electrons. The fourth-order valence-electron chi connectivity index (χ4n) is 3.60. The molecule has 3 rings (SSSR count). The van der Waals surface area contributed by atoms with Crippen LogP contribution in [0.25, 0.3) is 0 Å². The van der Waals surface area contributed by atoms with Crippen LogP contribution < -0.4 is 26.4 Å². The summed E-state index contributed by atoms with van der Waals surface area (Å²) < 4.78 is 5.63. The van der Waals surface area contributed by atoms with E-state index in [2.05, 4.69) is 16.0 Å². The van der Waals surface area contributed by atoms with Crippen LogP contribution in [-0.2, 0) is 20.8 Å². The summed E-state index contributed by atoms with van der Waals surface area (Å²) in [5, 5.41) is 17.5. The second-order valence-electron chi connectivity index (χ2n) is 8.16. The Morgan fingerprint density at radius 3 is 2.71 bits per heavy atom. The number of ether oxygens (including phenoxy) is 1. The molecular weight excluding hydrogens is 454 g/mol. The summed E-state index contributed by atoms with van der Waals surface area (Å²) in [6.07, 6.45) is 3.29. The van der Waals surface area contributed by atoms with Gasteiger partial charge >= 0.3 is 0 Å². The summed E-state index contributed by atoms with van der Waals surface area (Å²) in [5.74, 6) is -0.471. The van der Waals surface area contributed by atoms with Gasteiger partial charge in [0.05, 0.1) is 12.6 Å². The lowest BCUT2D eigenvalue weighted by atomic mass is 10.1. The van der Waals surface area contributed by atoms with Gasteiger partial charge in [-0.25, -0.2) is 0 Å². The SMILES string of the molecule is N=C(N)c1csc(C[C@H](NC(=O)CCCCOc2ccccc2)C(=O)NC(=O)[C@@H]2CCCN2)c1. The maximum Gasteiger partial charge on any atom is 0.249 e. The normalized spacial score (nSPS) is 15.9. The lowest BCUT2D eigenvalue weighted by Gasteiger charge is -2.19. The van der Waals surface area contributed by atoms with Gasteiger partial charge in [0, 0.05) is 28.7 Å². The highest BCUT2D eigenvalue weighted by molar-refractivity contribution is 7.10. The highest BCUT2D eigenvalue weighted by Crippen LogP contribution is 2.17. The molecule has 0 radical (unpaired) electrons. The van der Waals surface area contributed by atoms with Crippen molar-refractivity contribution in [3.8, 4) is 5.75 Å². The van der Waals surface area contributed by atoms with Gasteiger partial charge in [-0.2, -0.15) is 0 Å². The van der Waals surface area contributed by atoms with Crippen LogP contribution in [0.15, 0.2) is 41.8 Å². The Morgan fingerprint density at radius 1 is 1.24 bits per heavy atom. The fourth-order valence-corrected chi connectivity index (χ4v) is 4.54. The van der Waals surface area contributed by atoms with Crippen molar-refractivity contribution in [1.82, 2.24) is 16.0 Å². The molecule has 0 bridgehead atoms. The Hall–Kier alpha value is -3.24. The van der Waals surface area contributed by atoms with Crippen molar-refractivity contribution in [3.05, 3.63) is 52.2 Å². The summed E-state index contributed by atoms with van der Waals surface area (Å²) in [7, 11) is 0. The van der Waals surface area contributed by atoms with E-state index >= 15 is 0 Å². The van der Waals surface area contributed by atoms with Gasteiger partial charge in [-0.15, -0.1) is 11.3 Å². The molecule has 1 aromatic heterocycles. The van der Waals surface area contributed by atoms with E-state index in [1.54, 1.807) is 11.4 Å². The van der Waals surface area contributed by atoms with Gasteiger partial charge in [0.25, 0.3) is 0 Å². The van der Waals surface area contributed by atoms with Crippen LogP contribution in [0.3, 0.4) is 0 Å². The van der Waals surface area contributed by atoms with Crippen LogP contribution in [0, 0.1) is 5.41 Å². The first kappa shape index (κ1) is 25.4. The minimum atomic E-state index is -0.906. The van der Waals surface area contributed by atoms with Crippen LogP contribution in [0.5, 0.6) is 5.75 Å². The smallest absolute Gasteiger partial charge is 0.249 e. The van der Waals surface area contributed by atoms with E-state index in [1.165, 1.54) is 11.3 Å².